The highest BCUT2D eigenvalue weighted by molar-refractivity contribution is 7.19. The van der Waals surface area contributed by atoms with Gasteiger partial charge in [-0.3, -0.25) is 0 Å². The second-order valence-corrected chi connectivity index (χ2v) is 8.21. The lowest BCUT2D eigenvalue weighted by molar-refractivity contribution is 0.508. The Bertz CT molecular complexity index is 1070. The van der Waals surface area contributed by atoms with Gasteiger partial charge in [-0.25, -0.2) is 9.97 Å². The third kappa shape index (κ3) is 2.65. The first-order valence-electron chi connectivity index (χ1n) is 9.21. The maximum atomic E-state index is 4.90. The van der Waals surface area contributed by atoms with Crippen molar-refractivity contribution in [2.24, 2.45) is 5.92 Å². The third-order valence-electron chi connectivity index (χ3n) is 5.21. The zero-order chi connectivity index (χ0) is 17.5. The topological polar surface area (TPSA) is 55.1 Å². The quantitative estimate of drug-likeness (QED) is 0.593. The molecule has 0 bridgehead atoms. The van der Waals surface area contributed by atoms with E-state index in [0.29, 0.717) is 0 Å². The molecule has 0 unspecified atom stereocenters. The Morgan fingerprint density at radius 2 is 2.15 bits per heavy atom. The van der Waals surface area contributed by atoms with Crippen molar-refractivity contribution in [3.05, 3.63) is 52.7 Å². The standard InChI is InChI=1S/C20H21N5S/c1-13-7-8-16-15(11-13)17-18-22-12-23-25(18)20(24-19(17)26-16)21-10-9-14-5-3-2-4-6-14/h2-6,12-13H,7-11H2,1H3,(H,21,24)/t13-/m0/s1. The van der Waals surface area contributed by atoms with E-state index in [1.165, 1.54) is 27.8 Å². The maximum absolute atomic E-state index is 4.90. The number of thiophene rings is 1. The Labute approximate surface area is 156 Å². The summed E-state index contributed by atoms with van der Waals surface area (Å²) in [5.74, 6) is 1.51. The molecule has 5 nitrogen and oxygen atoms in total. The first-order valence-corrected chi connectivity index (χ1v) is 10.0. The summed E-state index contributed by atoms with van der Waals surface area (Å²) in [6.45, 7) is 3.15. The number of aryl methyl sites for hydroxylation is 1. The molecule has 6 heteroatoms. The van der Waals surface area contributed by atoms with E-state index in [4.69, 9.17) is 4.98 Å². The molecule has 3 aromatic heterocycles. The maximum Gasteiger partial charge on any atom is 0.227 e. The van der Waals surface area contributed by atoms with Crippen LogP contribution >= 0.6 is 11.3 Å². The van der Waals surface area contributed by atoms with Gasteiger partial charge in [-0.15, -0.1) is 11.3 Å². The van der Waals surface area contributed by atoms with E-state index in [9.17, 15) is 0 Å². The second-order valence-electron chi connectivity index (χ2n) is 7.13. The minimum atomic E-state index is 0.729. The molecule has 0 fully saturated rings. The van der Waals surface area contributed by atoms with Crippen molar-refractivity contribution in [1.82, 2.24) is 19.6 Å². The fourth-order valence-electron chi connectivity index (χ4n) is 3.84. The molecule has 1 aliphatic rings. The Kier molecular flexibility index (Phi) is 3.85. The molecule has 4 aromatic rings. The van der Waals surface area contributed by atoms with Crippen LogP contribution in [0, 0.1) is 5.92 Å². The predicted molar refractivity (Wildman–Crippen MR) is 106 cm³/mol. The summed E-state index contributed by atoms with van der Waals surface area (Å²) in [6.07, 6.45) is 6.14. The third-order valence-corrected chi connectivity index (χ3v) is 6.39. The van der Waals surface area contributed by atoms with Gasteiger partial charge in [0.25, 0.3) is 0 Å². The zero-order valence-electron chi connectivity index (χ0n) is 14.8. The van der Waals surface area contributed by atoms with Gasteiger partial charge in [0, 0.05) is 11.4 Å². The SMILES string of the molecule is C[C@H]1CCc2sc3nc(NCCc4ccccc4)n4ncnc4c3c2C1. The van der Waals surface area contributed by atoms with E-state index in [-0.39, 0.29) is 0 Å². The lowest BCUT2D eigenvalue weighted by Crippen LogP contribution is -2.12. The van der Waals surface area contributed by atoms with E-state index < -0.39 is 0 Å². The van der Waals surface area contributed by atoms with Crippen LogP contribution in [0.2, 0.25) is 0 Å². The van der Waals surface area contributed by atoms with E-state index >= 15 is 0 Å². The molecule has 0 radical (unpaired) electrons. The number of anilines is 1. The minimum absolute atomic E-state index is 0.729. The molecule has 3 heterocycles. The zero-order valence-corrected chi connectivity index (χ0v) is 15.6. The number of hydrogen-bond donors (Lipinski definition) is 1. The van der Waals surface area contributed by atoms with E-state index in [0.717, 1.165) is 48.2 Å². The van der Waals surface area contributed by atoms with Crippen molar-refractivity contribution in [3.8, 4) is 0 Å². The van der Waals surface area contributed by atoms with Gasteiger partial charge >= 0.3 is 0 Å². The molecule has 26 heavy (non-hydrogen) atoms. The van der Waals surface area contributed by atoms with E-state index in [1.807, 2.05) is 21.9 Å². The second kappa shape index (κ2) is 6.36. The van der Waals surface area contributed by atoms with Gasteiger partial charge in [-0.05, 0) is 42.7 Å². The number of aromatic nitrogens is 4. The van der Waals surface area contributed by atoms with Crippen molar-refractivity contribution in [3.63, 3.8) is 0 Å². The summed E-state index contributed by atoms with van der Waals surface area (Å²) in [7, 11) is 0. The van der Waals surface area contributed by atoms with Crippen molar-refractivity contribution < 1.29 is 0 Å². The van der Waals surface area contributed by atoms with Gasteiger partial charge in [0.2, 0.25) is 5.95 Å². The van der Waals surface area contributed by atoms with Crippen molar-refractivity contribution in [1.29, 1.82) is 0 Å². The highest BCUT2D eigenvalue weighted by Gasteiger charge is 2.24. The Morgan fingerprint density at radius 1 is 1.27 bits per heavy atom. The van der Waals surface area contributed by atoms with Crippen LogP contribution in [0.1, 0.15) is 29.3 Å². The van der Waals surface area contributed by atoms with Gasteiger partial charge in [-0.1, -0.05) is 37.3 Å². The molecule has 132 valence electrons. The summed E-state index contributed by atoms with van der Waals surface area (Å²) < 4.78 is 1.86. The molecule has 0 saturated carbocycles. The van der Waals surface area contributed by atoms with Crippen LogP contribution in [-0.4, -0.2) is 26.1 Å². The predicted octanol–water partition coefficient (Wildman–Crippen LogP) is 4.12. The van der Waals surface area contributed by atoms with Gasteiger partial charge in [-0.2, -0.15) is 9.61 Å². The number of fused-ring (bicyclic) bond motifs is 5. The van der Waals surface area contributed by atoms with Crippen LogP contribution in [0.15, 0.2) is 36.7 Å². The van der Waals surface area contributed by atoms with Crippen molar-refractivity contribution in [2.45, 2.75) is 32.6 Å². The molecule has 0 amide bonds. The largest absolute Gasteiger partial charge is 0.354 e. The smallest absolute Gasteiger partial charge is 0.227 e. The number of benzene rings is 1. The van der Waals surface area contributed by atoms with Crippen LogP contribution in [0.5, 0.6) is 0 Å². The fourth-order valence-corrected chi connectivity index (χ4v) is 5.05. The number of rotatable bonds is 4. The van der Waals surface area contributed by atoms with Crippen LogP contribution in [0.4, 0.5) is 5.95 Å². The molecule has 0 spiro atoms. The van der Waals surface area contributed by atoms with Crippen LogP contribution < -0.4 is 5.32 Å². The van der Waals surface area contributed by atoms with Gasteiger partial charge < -0.3 is 5.32 Å². The Morgan fingerprint density at radius 3 is 3.04 bits per heavy atom. The lowest BCUT2D eigenvalue weighted by Gasteiger charge is -2.17. The van der Waals surface area contributed by atoms with Crippen LogP contribution in [0.25, 0.3) is 15.9 Å². The molecule has 0 aliphatic heterocycles. The lowest BCUT2D eigenvalue weighted by atomic mass is 9.89. The molecule has 1 aromatic carbocycles. The van der Waals surface area contributed by atoms with Crippen LogP contribution in [0.3, 0.4) is 0 Å². The molecular formula is C20H21N5S. The average Bonchev–Trinajstić information content (AvgIpc) is 3.26. The minimum Gasteiger partial charge on any atom is -0.354 e. The number of hydrogen-bond acceptors (Lipinski definition) is 5. The van der Waals surface area contributed by atoms with E-state index in [1.54, 1.807) is 6.33 Å². The van der Waals surface area contributed by atoms with Gasteiger partial charge in [0.1, 0.15) is 11.2 Å². The fraction of sp³-hybridized carbons (Fsp3) is 0.350. The summed E-state index contributed by atoms with van der Waals surface area (Å²) in [5, 5.41) is 9.10. The Balaban J connectivity index is 1.51. The highest BCUT2D eigenvalue weighted by atomic mass is 32.1. The first-order chi connectivity index (χ1) is 12.8. The summed E-state index contributed by atoms with van der Waals surface area (Å²) in [5.41, 5.74) is 3.70. The molecule has 5 rings (SSSR count). The molecular weight excluding hydrogens is 342 g/mol. The van der Waals surface area contributed by atoms with E-state index in [2.05, 4.69) is 46.6 Å². The monoisotopic (exact) mass is 363 g/mol. The molecule has 1 atom stereocenters. The highest BCUT2D eigenvalue weighted by Crippen LogP contribution is 2.39. The Hall–Kier alpha value is -2.47. The average molecular weight is 363 g/mol. The number of nitrogens with one attached hydrogen (secondary N) is 1. The summed E-state index contributed by atoms with van der Waals surface area (Å²) in [6, 6.07) is 10.5. The van der Waals surface area contributed by atoms with Crippen LogP contribution in [-0.2, 0) is 19.3 Å². The first kappa shape index (κ1) is 15.8. The summed E-state index contributed by atoms with van der Waals surface area (Å²) >= 11 is 1.83. The molecule has 1 aliphatic carbocycles. The normalized spacial score (nSPS) is 16.9. The van der Waals surface area contributed by atoms with Crippen molar-refractivity contribution >= 4 is 33.1 Å². The number of nitrogens with zero attached hydrogens (tertiary/aromatic N) is 4. The molecule has 0 saturated heterocycles. The van der Waals surface area contributed by atoms with Gasteiger partial charge in [0.15, 0.2) is 5.65 Å². The summed E-state index contributed by atoms with van der Waals surface area (Å²) in [4.78, 5) is 12.0. The molecule has 1 N–H and O–H groups in total. The van der Waals surface area contributed by atoms with Gasteiger partial charge in [0.05, 0.1) is 5.39 Å². The van der Waals surface area contributed by atoms with Crippen molar-refractivity contribution in [2.75, 3.05) is 11.9 Å².